The lowest BCUT2D eigenvalue weighted by Gasteiger charge is -2.09. The molecule has 7 heteroatoms. The summed E-state index contributed by atoms with van der Waals surface area (Å²) in [5.74, 6) is -0.934. The molecule has 0 aliphatic heterocycles. The predicted octanol–water partition coefficient (Wildman–Crippen LogP) is 4.46. The number of alkyl halides is 3. The van der Waals surface area contributed by atoms with Gasteiger partial charge in [-0.3, -0.25) is 9.59 Å². The molecule has 2 rings (SSSR count). The fraction of sp³-hybridized carbons (Fsp3) is 0.143. The fourth-order valence-corrected chi connectivity index (χ4v) is 2.24. The summed E-state index contributed by atoms with van der Waals surface area (Å²) in [6.45, 7) is 0. The third-order valence-corrected chi connectivity index (χ3v) is 3.63. The number of rotatable bonds is 3. The summed E-state index contributed by atoms with van der Waals surface area (Å²) in [6.07, 6.45) is 1.51. The van der Waals surface area contributed by atoms with Gasteiger partial charge in [0, 0.05) is 29.4 Å². The zero-order valence-electron chi connectivity index (χ0n) is 10.7. The number of Topliss-reactive ketones (excluding diaryl/α,β-unsaturated/α-hetero) is 1. The van der Waals surface area contributed by atoms with E-state index in [9.17, 15) is 9.59 Å². The molecule has 0 bridgehead atoms. The van der Waals surface area contributed by atoms with E-state index in [1.54, 1.807) is 31.3 Å². The molecule has 21 heavy (non-hydrogen) atoms. The Kier molecular flexibility index (Phi) is 4.69. The Labute approximate surface area is 141 Å². The van der Waals surface area contributed by atoms with Crippen molar-refractivity contribution in [1.29, 1.82) is 0 Å². The second-order valence-electron chi connectivity index (χ2n) is 4.39. The van der Waals surface area contributed by atoms with Crippen molar-refractivity contribution in [3.8, 4) is 0 Å². The van der Waals surface area contributed by atoms with Crippen LogP contribution in [0.5, 0.6) is 0 Å². The molecule has 1 heterocycles. The van der Waals surface area contributed by atoms with Crippen LogP contribution >= 0.6 is 46.4 Å². The van der Waals surface area contributed by atoms with Crippen LogP contribution in [0.15, 0.2) is 36.5 Å². The van der Waals surface area contributed by atoms with Crippen LogP contribution in [-0.2, 0) is 7.05 Å². The SMILES string of the molecule is Cn1cc(C(=O)c2ccc(Cl)cc2)cc1C(=O)C(Cl)(Cl)Cl. The van der Waals surface area contributed by atoms with Crippen LogP contribution in [0.4, 0.5) is 0 Å². The van der Waals surface area contributed by atoms with Crippen molar-refractivity contribution >= 4 is 58.0 Å². The number of halogens is 4. The number of nitrogens with zero attached hydrogens (tertiary/aromatic N) is 1. The topological polar surface area (TPSA) is 39.1 Å². The van der Waals surface area contributed by atoms with Gasteiger partial charge in [-0.2, -0.15) is 0 Å². The highest BCUT2D eigenvalue weighted by Crippen LogP contribution is 2.31. The lowest BCUT2D eigenvalue weighted by atomic mass is 10.1. The van der Waals surface area contributed by atoms with E-state index < -0.39 is 9.58 Å². The van der Waals surface area contributed by atoms with Gasteiger partial charge in [0.15, 0.2) is 5.78 Å². The first-order chi connectivity index (χ1) is 9.70. The minimum absolute atomic E-state index is 0.146. The van der Waals surface area contributed by atoms with E-state index in [-0.39, 0.29) is 11.5 Å². The van der Waals surface area contributed by atoms with Crippen molar-refractivity contribution in [3.63, 3.8) is 0 Å². The van der Waals surface area contributed by atoms with Crippen LogP contribution < -0.4 is 0 Å². The van der Waals surface area contributed by atoms with Gasteiger partial charge in [-0.05, 0) is 30.3 Å². The normalized spacial score (nSPS) is 11.5. The van der Waals surface area contributed by atoms with Crippen molar-refractivity contribution in [1.82, 2.24) is 4.57 Å². The molecule has 0 radical (unpaired) electrons. The summed E-state index contributed by atoms with van der Waals surface area (Å²) in [5.41, 5.74) is 0.933. The number of carbonyl (C=O) groups excluding carboxylic acids is 2. The zero-order valence-corrected chi connectivity index (χ0v) is 13.8. The molecule has 0 unspecified atom stereocenters. The van der Waals surface area contributed by atoms with E-state index in [0.717, 1.165) is 0 Å². The van der Waals surface area contributed by atoms with E-state index in [2.05, 4.69) is 0 Å². The molecule has 2 aromatic rings. The maximum Gasteiger partial charge on any atom is 0.255 e. The number of aryl methyl sites for hydroxylation is 1. The lowest BCUT2D eigenvalue weighted by molar-refractivity contribution is 0.0988. The van der Waals surface area contributed by atoms with Crippen LogP contribution in [0, 0.1) is 0 Å². The minimum Gasteiger partial charge on any atom is -0.347 e. The first kappa shape index (κ1) is 16.4. The van der Waals surface area contributed by atoms with Crippen LogP contribution in [0.3, 0.4) is 0 Å². The van der Waals surface area contributed by atoms with Gasteiger partial charge in [0.2, 0.25) is 5.78 Å². The van der Waals surface area contributed by atoms with Gasteiger partial charge in [0.1, 0.15) is 0 Å². The Balaban J connectivity index is 2.36. The smallest absolute Gasteiger partial charge is 0.255 e. The van der Waals surface area contributed by atoms with Crippen LogP contribution in [0.25, 0.3) is 0 Å². The summed E-state index contributed by atoms with van der Waals surface area (Å²) >= 11 is 22.5. The molecule has 1 aromatic carbocycles. The van der Waals surface area contributed by atoms with Gasteiger partial charge in [0.25, 0.3) is 3.79 Å². The molecule has 0 atom stereocenters. The third kappa shape index (κ3) is 3.61. The van der Waals surface area contributed by atoms with Crippen LogP contribution in [-0.4, -0.2) is 19.9 Å². The number of carbonyl (C=O) groups is 2. The molecular weight excluding hydrogens is 356 g/mol. The third-order valence-electron chi connectivity index (χ3n) is 2.86. The van der Waals surface area contributed by atoms with E-state index in [0.29, 0.717) is 16.1 Å². The largest absolute Gasteiger partial charge is 0.347 e. The van der Waals surface area contributed by atoms with Gasteiger partial charge in [-0.1, -0.05) is 46.4 Å². The van der Waals surface area contributed by atoms with Gasteiger partial charge >= 0.3 is 0 Å². The first-order valence-electron chi connectivity index (χ1n) is 5.78. The van der Waals surface area contributed by atoms with Gasteiger partial charge in [-0.15, -0.1) is 0 Å². The number of benzene rings is 1. The molecule has 0 aliphatic carbocycles. The summed E-state index contributed by atoms with van der Waals surface area (Å²) in [4.78, 5) is 24.3. The second-order valence-corrected chi connectivity index (χ2v) is 7.11. The van der Waals surface area contributed by atoms with Crippen LogP contribution in [0.1, 0.15) is 26.4 Å². The highest BCUT2D eigenvalue weighted by molar-refractivity contribution is 6.77. The molecule has 0 N–H and O–H groups in total. The number of ketones is 2. The van der Waals surface area contributed by atoms with Gasteiger partial charge < -0.3 is 4.57 Å². The monoisotopic (exact) mass is 363 g/mol. The maximum atomic E-state index is 12.3. The molecule has 0 saturated heterocycles. The van der Waals surface area contributed by atoms with Crippen molar-refractivity contribution in [2.75, 3.05) is 0 Å². The van der Waals surface area contributed by atoms with E-state index in [1.165, 1.54) is 16.8 Å². The quantitative estimate of drug-likeness (QED) is 0.595. The van der Waals surface area contributed by atoms with E-state index in [1.807, 2.05) is 0 Å². The van der Waals surface area contributed by atoms with Crippen molar-refractivity contribution < 1.29 is 9.59 Å². The molecule has 0 saturated carbocycles. The first-order valence-corrected chi connectivity index (χ1v) is 7.29. The number of hydrogen-bond donors (Lipinski definition) is 0. The minimum atomic E-state index is -2.06. The molecule has 0 aliphatic rings. The maximum absolute atomic E-state index is 12.3. The van der Waals surface area contributed by atoms with E-state index in [4.69, 9.17) is 46.4 Å². The number of aromatic nitrogens is 1. The van der Waals surface area contributed by atoms with Gasteiger partial charge in [-0.25, -0.2) is 0 Å². The van der Waals surface area contributed by atoms with Crippen LogP contribution in [0.2, 0.25) is 5.02 Å². The Morgan fingerprint density at radius 3 is 2.14 bits per heavy atom. The lowest BCUT2D eigenvalue weighted by Crippen LogP contribution is -2.21. The average Bonchev–Trinajstić information content (AvgIpc) is 2.79. The predicted molar refractivity (Wildman–Crippen MR) is 84.9 cm³/mol. The number of hydrogen-bond acceptors (Lipinski definition) is 2. The van der Waals surface area contributed by atoms with Crippen molar-refractivity contribution in [2.24, 2.45) is 7.05 Å². The molecule has 110 valence electrons. The highest BCUT2D eigenvalue weighted by Gasteiger charge is 2.34. The van der Waals surface area contributed by atoms with E-state index >= 15 is 0 Å². The zero-order chi connectivity index (χ0) is 15.8. The Morgan fingerprint density at radius 2 is 1.62 bits per heavy atom. The molecular formula is C14H9Cl4NO2. The highest BCUT2D eigenvalue weighted by atomic mass is 35.6. The Bertz CT molecular complexity index is 699. The molecule has 1 aromatic heterocycles. The Hall–Kier alpha value is -1.000. The van der Waals surface area contributed by atoms with Gasteiger partial charge in [0.05, 0.1) is 5.69 Å². The molecule has 0 fully saturated rings. The molecule has 3 nitrogen and oxygen atoms in total. The summed E-state index contributed by atoms with van der Waals surface area (Å²) in [5, 5.41) is 0.534. The second kappa shape index (κ2) is 6.01. The average molecular weight is 365 g/mol. The summed E-state index contributed by atoms with van der Waals surface area (Å²) in [6, 6.07) is 7.85. The molecule has 0 spiro atoms. The van der Waals surface area contributed by atoms with Crippen molar-refractivity contribution in [2.45, 2.75) is 3.79 Å². The summed E-state index contributed by atoms with van der Waals surface area (Å²) < 4.78 is -0.611. The standard InChI is InChI=1S/C14H9Cl4NO2/c1-19-7-9(6-11(19)13(21)14(16,17)18)12(20)8-2-4-10(15)5-3-8/h2-7H,1H3. The summed E-state index contributed by atoms with van der Waals surface area (Å²) in [7, 11) is 1.60. The Morgan fingerprint density at radius 1 is 1.05 bits per heavy atom. The fourth-order valence-electron chi connectivity index (χ4n) is 1.83. The molecule has 0 amide bonds. The van der Waals surface area contributed by atoms with Crippen molar-refractivity contribution in [3.05, 3.63) is 58.4 Å².